The molecule has 0 aliphatic rings. The zero-order valence-corrected chi connectivity index (χ0v) is 13.9. The first-order valence-corrected chi connectivity index (χ1v) is 7.88. The molecule has 1 amide bonds. The van der Waals surface area contributed by atoms with E-state index in [0.29, 0.717) is 22.8 Å². The minimum atomic E-state index is -0.234. The molecule has 3 aromatic heterocycles. The first-order valence-electron chi connectivity index (χ1n) is 7.88. The molecular formula is C19H16N4O2. The predicted octanol–water partition coefficient (Wildman–Crippen LogP) is 3.79. The Bertz CT molecular complexity index is 1080. The van der Waals surface area contributed by atoms with Gasteiger partial charge in [-0.15, -0.1) is 0 Å². The van der Waals surface area contributed by atoms with Crippen LogP contribution >= 0.6 is 0 Å². The molecule has 0 aliphatic carbocycles. The number of amides is 1. The summed E-state index contributed by atoms with van der Waals surface area (Å²) in [7, 11) is 1.80. The van der Waals surface area contributed by atoms with Crippen LogP contribution in [0.15, 0.2) is 59.1 Å². The molecule has 124 valence electrons. The van der Waals surface area contributed by atoms with Crippen molar-refractivity contribution in [2.24, 2.45) is 7.05 Å². The highest BCUT2D eigenvalue weighted by molar-refractivity contribution is 6.12. The number of pyridine rings is 1. The summed E-state index contributed by atoms with van der Waals surface area (Å²) in [6, 6.07) is 14.8. The Hall–Kier alpha value is -3.41. The van der Waals surface area contributed by atoms with E-state index in [9.17, 15) is 4.79 Å². The van der Waals surface area contributed by atoms with E-state index in [4.69, 9.17) is 4.42 Å². The van der Waals surface area contributed by atoms with E-state index in [1.54, 1.807) is 30.1 Å². The van der Waals surface area contributed by atoms with Crippen molar-refractivity contribution in [1.82, 2.24) is 14.8 Å². The highest BCUT2D eigenvalue weighted by Crippen LogP contribution is 2.26. The van der Waals surface area contributed by atoms with E-state index in [1.165, 1.54) is 0 Å². The molecule has 0 fully saturated rings. The van der Waals surface area contributed by atoms with E-state index >= 15 is 0 Å². The molecule has 6 heteroatoms. The monoisotopic (exact) mass is 332 g/mol. The van der Waals surface area contributed by atoms with Crippen LogP contribution in [0.4, 0.5) is 5.82 Å². The standard InChI is InChI=1S/C19H16N4O2/c1-12-7-8-17(25-12)16-11-14(13-5-3-4-6-15(13)20-16)19(24)21-18-9-10-23(2)22-18/h3-11H,1-2H3,(H,21,22,24). The summed E-state index contributed by atoms with van der Waals surface area (Å²) in [5.41, 5.74) is 1.89. The zero-order chi connectivity index (χ0) is 17.4. The number of hydrogen-bond acceptors (Lipinski definition) is 4. The summed E-state index contributed by atoms with van der Waals surface area (Å²) >= 11 is 0. The van der Waals surface area contributed by atoms with Crippen LogP contribution in [0, 0.1) is 6.92 Å². The van der Waals surface area contributed by atoms with Crippen LogP contribution in [0.5, 0.6) is 0 Å². The van der Waals surface area contributed by atoms with Crippen molar-refractivity contribution in [2.75, 3.05) is 5.32 Å². The van der Waals surface area contributed by atoms with Crippen molar-refractivity contribution in [3.05, 3.63) is 66.1 Å². The lowest BCUT2D eigenvalue weighted by Crippen LogP contribution is -2.13. The van der Waals surface area contributed by atoms with Crippen LogP contribution in [0.2, 0.25) is 0 Å². The SMILES string of the molecule is Cc1ccc(-c2cc(C(=O)Nc3ccn(C)n3)c3ccccc3n2)o1. The van der Waals surface area contributed by atoms with Gasteiger partial charge in [-0.3, -0.25) is 9.48 Å². The van der Waals surface area contributed by atoms with Crippen LogP contribution in [0.3, 0.4) is 0 Å². The molecule has 1 aromatic carbocycles. The average Bonchev–Trinajstić information content (AvgIpc) is 3.22. The van der Waals surface area contributed by atoms with E-state index in [0.717, 1.165) is 16.7 Å². The van der Waals surface area contributed by atoms with Crippen molar-refractivity contribution >= 4 is 22.6 Å². The number of aryl methyl sites for hydroxylation is 2. The van der Waals surface area contributed by atoms with Gasteiger partial charge in [0.25, 0.3) is 5.91 Å². The lowest BCUT2D eigenvalue weighted by molar-refractivity contribution is 0.102. The number of aromatic nitrogens is 3. The van der Waals surface area contributed by atoms with Crippen molar-refractivity contribution in [3.63, 3.8) is 0 Å². The summed E-state index contributed by atoms with van der Waals surface area (Å²) in [4.78, 5) is 17.4. The Morgan fingerprint density at radius 1 is 1.16 bits per heavy atom. The number of benzene rings is 1. The largest absolute Gasteiger partial charge is 0.460 e. The molecule has 0 saturated carbocycles. The van der Waals surface area contributed by atoms with Crippen LogP contribution in [-0.4, -0.2) is 20.7 Å². The molecule has 0 spiro atoms. The fourth-order valence-corrected chi connectivity index (χ4v) is 2.73. The van der Waals surface area contributed by atoms with Gasteiger partial charge in [-0.1, -0.05) is 18.2 Å². The number of rotatable bonds is 3. The molecule has 4 rings (SSSR count). The van der Waals surface area contributed by atoms with Crippen LogP contribution in [0.1, 0.15) is 16.1 Å². The highest BCUT2D eigenvalue weighted by atomic mass is 16.3. The summed E-state index contributed by atoms with van der Waals surface area (Å²) in [6.07, 6.45) is 1.78. The molecule has 6 nitrogen and oxygen atoms in total. The van der Waals surface area contributed by atoms with Crippen LogP contribution < -0.4 is 5.32 Å². The summed E-state index contributed by atoms with van der Waals surface area (Å²) in [5.74, 6) is 1.70. The summed E-state index contributed by atoms with van der Waals surface area (Å²) in [5, 5.41) is 7.80. The van der Waals surface area contributed by atoms with Crippen molar-refractivity contribution in [3.8, 4) is 11.5 Å². The second-order valence-corrected chi connectivity index (χ2v) is 5.81. The molecule has 0 bridgehead atoms. The van der Waals surface area contributed by atoms with Crippen molar-refractivity contribution in [2.45, 2.75) is 6.92 Å². The smallest absolute Gasteiger partial charge is 0.257 e. The van der Waals surface area contributed by atoms with Gasteiger partial charge in [0.15, 0.2) is 11.6 Å². The number of hydrogen-bond donors (Lipinski definition) is 1. The Labute approximate surface area is 144 Å². The molecule has 1 N–H and O–H groups in total. The van der Waals surface area contributed by atoms with Crippen molar-refractivity contribution < 1.29 is 9.21 Å². The first-order chi connectivity index (χ1) is 12.1. The first kappa shape index (κ1) is 15.1. The number of nitrogens with zero attached hydrogens (tertiary/aromatic N) is 3. The van der Waals surface area contributed by atoms with Gasteiger partial charge in [0.1, 0.15) is 11.5 Å². The number of para-hydroxylation sites is 1. The van der Waals surface area contributed by atoms with Crippen molar-refractivity contribution in [1.29, 1.82) is 0 Å². The quantitative estimate of drug-likeness (QED) is 0.619. The molecule has 0 atom stereocenters. The Morgan fingerprint density at radius 2 is 2.00 bits per heavy atom. The van der Waals surface area contributed by atoms with E-state index in [-0.39, 0.29) is 5.91 Å². The van der Waals surface area contributed by atoms with E-state index < -0.39 is 0 Å². The lowest BCUT2D eigenvalue weighted by Gasteiger charge is -2.08. The van der Waals surface area contributed by atoms with Gasteiger partial charge in [0.05, 0.1) is 11.1 Å². The molecule has 25 heavy (non-hydrogen) atoms. The van der Waals surface area contributed by atoms with E-state index in [2.05, 4.69) is 15.4 Å². The number of fused-ring (bicyclic) bond motifs is 1. The van der Waals surface area contributed by atoms with Gasteiger partial charge >= 0.3 is 0 Å². The highest BCUT2D eigenvalue weighted by Gasteiger charge is 2.16. The average molecular weight is 332 g/mol. The molecule has 0 aliphatic heterocycles. The third-order valence-electron chi connectivity index (χ3n) is 3.91. The maximum atomic E-state index is 12.8. The Balaban J connectivity index is 1.82. The van der Waals surface area contributed by atoms with E-state index in [1.807, 2.05) is 43.3 Å². The normalized spacial score (nSPS) is 11.0. The summed E-state index contributed by atoms with van der Waals surface area (Å²) < 4.78 is 7.30. The Morgan fingerprint density at radius 3 is 2.72 bits per heavy atom. The minimum Gasteiger partial charge on any atom is -0.460 e. The molecule has 3 heterocycles. The number of carbonyl (C=O) groups is 1. The second kappa shape index (κ2) is 5.90. The number of nitrogens with one attached hydrogen (secondary N) is 1. The fraction of sp³-hybridized carbons (Fsp3) is 0.105. The van der Waals surface area contributed by atoms with Gasteiger partial charge in [-0.05, 0) is 31.2 Å². The summed E-state index contributed by atoms with van der Waals surface area (Å²) in [6.45, 7) is 1.87. The third kappa shape index (κ3) is 2.89. The van der Waals surface area contributed by atoms with Crippen LogP contribution in [0.25, 0.3) is 22.4 Å². The van der Waals surface area contributed by atoms with Gasteiger partial charge in [-0.25, -0.2) is 4.98 Å². The maximum absolute atomic E-state index is 12.8. The molecule has 4 aromatic rings. The topological polar surface area (TPSA) is 73.0 Å². The number of anilines is 1. The Kier molecular flexibility index (Phi) is 3.57. The third-order valence-corrected chi connectivity index (χ3v) is 3.91. The van der Waals surface area contributed by atoms with Gasteiger partial charge in [-0.2, -0.15) is 5.10 Å². The molecule has 0 saturated heterocycles. The maximum Gasteiger partial charge on any atom is 0.257 e. The van der Waals surface area contributed by atoms with Gasteiger partial charge < -0.3 is 9.73 Å². The number of carbonyl (C=O) groups excluding carboxylic acids is 1. The minimum absolute atomic E-state index is 0.234. The van der Waals surface area contributed by atoms with Gasteiger partial charge in [0.2, 0.25) is 0 Å². The van der Waals surface area contributed by atoms with Gasteiger partial charge in [0, 0.05) is 24.7 Å². The molecule has 0 unspecified atom stereocenters. The van der Waals surface area contributed by atoms with Crippen LogP contribution in [-0.2, 0) is 7.05 Å². The lowest BCUT2D eigenvalue weighted by atomic mass is 10.1. The number of furan rings is 1. The molecule has 0 radical (unpaired) electrons. The second-order valence-electron chi connectivity index (χ2n) is 5.81. The zero-order valence-electron chi connectivity index (χ0n) is 13.9. The fourth-order valence-electron chi connectivity index (χ4n) is 2.73. The molecular weight excluding hydrogens is 316 g/mol. The predicted molar refractivity (Wildman–Crippen MR) is 95.3 cm³/mol.